The molecule has 0 radical (unpaired) electrons. The van der Waals surface area contributed by atoms with Crippen LogP contribution in [0.2, 0.25) is 0 Å². The average molecular weight is 414 g/mol. The minimum absolute atomic E-state index is 0. The van der Waals surface area contributed by atoms with Crippen molar-refractivity contribution in [3.05, 3.63) is 0 Å². The van der Waals surface area contributed by atoms with Crippen LogP contribution in [-0.2, 0) is 28.8 Å². The van der Waals surface area contributed by atoms with Gasteiger partial charge in [0.2, 0.25) is 35.4 Å². The molecule has 0 spiro atoms. The topological polar surface area (TPSA) is 157 Å². The van der Waals surface area contributed by atoms with Gasteiger partial charge in [0.1, 0.15) is 12.1 Å². The quantitative estimate of drug-likeness (QED) is 0.327. The minimum atomic E-state index is -0.385. The highest BCUT2D eigenvalue weighted by Crippen LogP contribution is 1.98. The maximum atomic E-state index is 10.9. The monoisotopic (exact) mass is 414 g/mol. The number of nitrogens with zero attached hydrogens (tertiary/aromatic N) is 2. The van der Waals surface area contributed by atoms with Crippen molar-refractivity contribution >= 4 is 35.4 Å². The van der Waals surface area contributed by atoms with Gasteiger partial charge in [-0.2, -0.15) is 0 Å². The van der Waals surface area contributed by atoms with E-state index in [1.165, 1.54) is 9.80 Å². The lowest BCUT2D eigenvalue weighted by molar-refractivity contribution is -0.147. The average Bonchev–Trinajstić information content (AvgIpc) is 2.62. The Balaban J connectivity index is 0.000000401. The highest BCUT2D eigenvalue weighted by Gasteiger charge is 2.27. The van der Waals surface area contributed by atoms with Crippen LogP contribution in [0.15, 0.2) is 0 Å². The molecule has 3 heterocycles. The molecule has 0 aromatic heterocycles. The Kier molecular flexibility index (Phi) is 10.3. The van der Waals surface area contributed by atoms with Crippen molar-refractivity contribution in [2.45, 2.75) is 33.4 Å². The zero-order valence-electron chi connectivity index (χ0n) is 16.3. The molecule has 12 nitrogen and oxygen atoms in total. The first-order valence-electron chi connectivity index (χ1n) is 8.63. The van der Waals surface area contributed by atoms with Gasteiger partial charge in [-0.1, -0.05) is 7.43 Å². The Morgan fingerprint density at radius 2 is 1.00 bits per heavy atom. The Morgan fingerprint density at radius 1 is 0.690 bits per heavy atom. The molecule has 3 aliphatic rings. The summed E-state index contributed by atoms with van der Waals surface area (Å²) in [6.45, 7) is 3.99. The summed E-state index contributed by atoms with van der Waals surface area (Å²) in [5.74, 6) is -0.474. The van der Waals surface area contributed by atoms with Crippen molar-refractivity contribution in [3.8, 4) is 0 Å². The van der Waals surface area contributed by atoms with E-state index in [0.29, 0.717) is 0 Å². The summed E-state index contributed by atoms with van der Waals surface area (Å²) in [5, 5.41) is 9.82. The molecule has 3 aliphatic heterocycles. The highest BCUT2D eigenvalue weighted by molar-refractivity contribution is 5.96. The van der Waals surface area contributed by atoms with Crippen LogP contribution in [0.25, 0.3) is 0 Å². The molecule has 3 fully saturated rings. The van der Waals surface area contributed by atoms with Crippen molar-refractivity contribution < 1.29 is 28.8 Å². The summed E-state index contributed by atoms with van der Waals surface area (Å²) in [6, 6.07) is -0.771. The zero-order chi connectivity index (χ0) is 21.4. The molecule has 2 unspecified atom stereocenters. The first kappa shape index (κ1) is 25.8. The van der Waals surface area contributed by atoms with E-state index >= 15 is 0 Å². The highest BCUT2D eigenvalue weighted by atomic mass is 16.2. The van der Waals surface area contributed by atoms with E-state index in [9.17, 15) is 28.8 Å². The molecule has 0 saturated carbocycles. The second kappa shape index (κ2) is 11.6. The summed E-state index contributed by atoms with van der Waals surface area (Å²) in [6.07, 6.45) is 0. The number of likely N-dealkylation sites (N-methyl/N-ethyl adjacent to an activating group) is 2. The number of carbonyl (C=O) groups excluding carboxylic acids is 6. The third kappa shape index (κ3) is 8.58. The standard InChI is InChI=1S/2C6H10N2O2.C4H6N2O2.CH4/c1-7-3-6(10)8(2)4-5(7)9;1-3-5(9)8-4(2)6(10)7-3;7-3-1-5-4(8)2-6-3;/h3-4H2,1-2H3;3-4H,1-2H3,(H,7,10)(H,8,9);1-2H2,(H,5,8)(H,6,7);1H4. The van der Waals surface area contributed by atoms with Crippen LogP contribution >= 0.6 is 0 Å². The number of carbonyl (C=O) groups is 6. The molecule has 6 amide bonds. The molecule has 0 aromatic rings. The van der Waals surface area contributed by atoms with Gasteiger partial charge in [0.25, 0.3) is 0 Å². The molecule has 29 heavy (non-hydrogen) atoms. The maximum absolute atomic E-state index is 10.9. The van der Waals surface area contributed by atoms with Gasteiger partial charge < -0.3 is 31.1 Å². The van der Waals surface area contributed by atoms with Gasteiger partial charge in [-0.25, -0.2) is 0 Å². The second-order valence-corrected chi connectivity index (χ2v) is 6.51. The number of hydrogen-bond donors (Lipinski definition) is 4. The van der Waals surface area contributed by atoms with Crippen LogP contribution in [0.3, 0.4) is 0 Å². The summed E-state index contributed by atoms with van der Waals surface area (Å²) in [5.41, 5.74) is 0. The van der Waals surface area contributed by atoms with Crippen LogP contribution in [0, 0.1) is 0 Å². The van der Waals surface area contributed by atoms with Crippen molar-refractivity contribution in [1.82, 2.24) is 31.1 Å². The summed E-state index contributed by atoms with van der Waals surface area (Å²) in [4.78, 5) is 66.8. The number of piperazine rings is 3. The fourth-order valence-corrected chi connectivity index (χ4v) is 2.11. The van der Waals surface area contributed by atoms with Gasteiger partial charge in [-0.3, -0.25) is 28.8 Å². The number of rotatable bonds is 0. The zero-order valence-corrected chi connectivity index (χ0v) is 16.3. The van der Waals surface area contributed by atoms with Gasteiger partial charge in [-0.05, 0) is 13.8 Å². The van der Waals surface area contributed by atoms with Gasteiger partial charge in [0, 0.05) is 14.1 Å². The van der Waals surface area contributed by atoms with E-state index in [4.69, 9.17) is 0 Å². The Morgan fingerprint density at radius 3 is 1.28 bits per heavy atom. The number of amides is 6. The van der Waals surface area contributed by atoms with Gasteiger partial charge in [0.05, 0.1) is 26.2 Å². The molecule has 3 saturated heterocycles. The van der Waals surface area contributed by atoms with Crippen molar-refractivity contribution in [2.75, 3.05) is 40.3 Å². The van der Waals surface area contributed by atoms with E-state index in [1.54, 1.807) is 27.9 Å². The van der Waals surface area contributed by atoms with Gasteiger partial charge >= 0.3 is 0 Å². The second-order valence-electron chi connectivity index (χ2n) is 6.51. The lowest BCUT2D eigenvalue weighted by Gasteiger charge is -2.28. The predicted octanol–water partition coefficient (Wildman–Crippen LogP) is -3.21. The number of nitrogens with one attached hydrogen (secondary N) is 4. The maximum Gasteiger partial charge on any atom is 0.242 e. The van der Waals surface area contributed by atoms with Crippen LogP contribution in [0.5, 0.6) is 0 Å². The fourth-order valence-electron chi connectivity index (χ4n) is 2.11. The first-order chi connectivity index (χ1) is 13.0. The van der Waals surface area contributed by atoms with Crippen molar-refractivity contribution in [2.24, 2.45) is 0 Å². The summed E-state index contributed by atoms with van der Waals surface area (Å²) < 4.78 is 0. The SMILES string of the molecule is C.CC1NC(=O)C(C)NC1=O.CN1CC(=O)N(C)CC1=O.O=C1CNC(=O)CN1. The lowest BCUT2D eigenvalue weighted by Crippen LogP contribution is -2.59. The van der Waals surface area contributed by atoms with Crippen LogP contribution < -0.4 is 21.3 Å². The Bertz CT molecular complexity index is 559. The molecule has 2 atom stereocenters. The van der Waals surface area contributed by atoms with Crippen LogP contribution in [0.1, 0.15) is 21.3 Å². The van der Waals surface area contributed by atoms with Gasteiger partial charge in [0.15, 0.2) is 0 Å². The third-order valence-corrected chi connectivity index (χ3v) is 3.99. The molecular formula is C17H30N6O6. The fraction of sp³-hybridized carbons (Fsp3) is 0.647. The van der Waals surface area contributed by atoms with E-state index in [0.717, 1.165) is 0 Å². The molecule has 0 bridgehead atoms. The predicted molar refractivity (Wildman–Crippen MR) is 103 cm³/mol. The molecular weight excluding hydrogens is 384 g/mol. The normalized spacial score (nSPS) is 23.7. The van der Waals surface area contributed by atoms with Crippen LogP contribution in [-0.4, -0.2) is 97.6 Å². The Labute approximate surface area is 169 Å². The molecule has 0 aliphatic carbocycles. The third-order valence-electron chi connectivity index (χ3n) is 3.99. The summed E-state index contributed by atoms with van der Waals surface area (Å²) in [7, 11) is 3.26. The molecule has 4 N–H and O–H groups in total. The van der Waals surface area contributed by atoms with E-state index in [1.807, 2.05) is 0 Å². The molecule has 0 aromatic carbocycles. The van der Waals surface area contributed by atoms with E-state index in [2.05, 4.69) is 21.3 Å². The smallest absolute Gasteiger partial charge is 0.242 e. The lowest BCUT2D eigenvalue weighted by atomic mass is 10.2. The Hall–Kier alpha value is -3.18. The first-order valence-corrected chi connectivity index (χ1v) is 8.63. The van der Waals surface area contributed by atoms with Crippen molar-refractivity contribution in [3.63, 3.8) is 0 Å². The summed E-state index contributed by atoms with van der Waals surface area (Å²) >= 11 is 0. The minimum Gasteiger partial charge on any atom is -0.346 e. The van der Waals surface area contributed by atoms with Crippen molar-refractivity contribution in [1.29, 1.82) is 0 Å². The largest absolute Gasteiger partial charge is 0.346 e. The van der Waals surface area contributed by atoms with Crippen LogP contribution in [0.4, 0.5) is 0 Å². The van der Waals surface area contributed by atoms with Gasteiger partial charge in [-0.15, -0.1) is 0 Å². The molecule has 12 heteroatoms. The van der Waals surface area contributed by atoms with E-state index < -0.39 is 0 Å². The molecule has 3 rings (SSSR count). The molecule has 164 valence electrons. The van der Waals surface area contributed by atoms with E-state index in [-0.39, 0.29) is 81.1 Å². The number of hydrogen-bond acceptors (Lipinski definition) is 6.